The number of piperidine rings is 1. The van der Waals surface area contributed by atoms with Crippen LogP contribution < -0.4 is 5.73 Å². The zero-order valence-corrected chi connectivity index (χ0v) is 12.3. The molecule has 6 heteroatoms. The smallest absolute Gasteiger partial charge is 0.155 e. The van der Waals surface area contributed by atoms with E-state index in [0.717, 1.165) is 32.5 Å². The second-order valence-electron chi connectivity index (χ2n) is 4.22. The van der Waals surface area contributed by atoms with Crippen molar-refractivity contribution < 1.29 is 5.21 Å². The summed E-state index contributed by atoms with van der Waals surface area (Å²) in [7, 11) is 0. The molecule has 0 aliphatic carbocycles. The Labute approximate surface area is 112 Å². The number of hydrogen-bond acceptors (Lipinski definition) is 5. The lowest BCUT2D eigenvalue weighted by Gasteiger charge is -2.39. The molecule has 1 fully saturated rings. The molecule has 0 amide bonds. The van der Waals surface area contributed by atoms with Gasteiger partial charge in [-0.3, -0.25) is 0 Å². The van der Waals surface area contributed by atoms with Crippen LogP contribution in [-0.4, -0.2) is 58.1 Å². The summed E-state index contributed by atoms with van der Waals surface area (Å²) in [5, 5.41) is 12.1. The molecule has 0 radical (unpaired) electrons. The van der Waals surface area contributed by atoms with Crippen LogP contribution in [0.15, 0.2) is 5.16 Å². The Bertz CT molecular complexity index is 253. The number of amidine groups is 1. The molecule has 4 nitrogen and oxygen atoms in total. The highest BCUT2D eigenvalue weighted by molar-refractivity contribution is 8.00. The van der Waals surface area contributed by atoms with Gasteiger partial charge in [-0.05, 0) is 37.9 Å². The molecule has 1 rings (SSSR count). The third-order valence-corrected chi connectivity index (χ3v) is 5.66. The summed E-state index contributed by atoms with van der Waals surface area (Å²) < 4.78 is -0.150. The van der Waals surface area contributed by atoms with Crippen LogP contribution in [-0.2, 0) is 0 Å². The molecule has 0 atom stereocenters. The monoisotopic (exact) mass is 277 g/mol. The third kappa shape index (κ3) is 3.96. The maximum absolute atomic E-state index is 8.86. The molecule has 0 spiro atoms. The standard InChI is InChI=1S/C11H23N3OS2/c1-3-17-9-8-14-6-4-11(16-2,5-7-14)10(12)13-15/h15H,3-9H2,1-2H3,(H2,12,13). The zero-order chi connectivity index (χ0) is 12.7. The van der Waals surface area contributed by atoms with E-state index in [1.165, 1.54) is 11.5 Å². The number of rotatable bonds is 6. The van der Waals surface area contributed by atoms with E-state index in [4.69, 9.17) is 10.9 Å². The fraction of sp³-hybridized carbons (Fsp3) is 0.909. The summed E-state index contributed by atoms with van der Waals surface area (Å²) in [5.74, 6) is 2.77. The molecule has 1 aliphatic heterocycles. The van der Waals surface area contributed by atoms with Gasteiger partial charge in [-0.2, -0.15) is 23.5 Å². The number of nitrogens with two attached hydrogens (primary N) is 1. The fourth-order valence-corrected chi connectivity index (χ4v) is 3.65. The highest BCUT2D eigenvalue weighted by Crippen LogP contribution is 2.34. The lowest BCUT2D eigenvalue weighted by atomic mass is 9.94. The highest BCUT2D eigenvalue weighted by atomic mass is 32.2. The molecule has 17 heavy (non-hydrogen) atoms. The molecule has 1 heterocycles. The van der Waals surface area contributed by atoms with Crippen LogP contribution in [0.2, 0.25) is 0 Å². The van der Waals surface area contributed by atoms with Crippen molar-refractivity contribution in [3.8, 4) is 0 Å². The van der Waals surface area contributed by atoms with Crippen LogP contribution in [0.1, 0.15) is 19.8 Å². The average molecular weight is 277 g/mol. The van der Waals surface area contributed by atoms with Gasteiger partial charge in [0.05, 0.1) is 4.75 Å². The van der Waals surface area contributed by atoms with E-state index in [9.17, 15) is 0 Å². The molecule has 0 saturated carbocycles. The second-order valence-corrected chi connectivity index (χ2v) is 6.81. The van der Waals surface area contributed by atoms with E-state index in [1.807, 2.05) is 18.0 Å². The van der Waals surface area contributed by atoms with Gasteiger partial charge < -0.3 is 15.8 Å². The van der Waals surface area contributed by atoms with Gasteiger partial charge in [-0.25, -0.2) is 0 Å². The average Bonchev–Trinajstić information content (AvgIpc) is 2.39. The van der Waals surface area contributed by atoms with E-state index < -0.39 is 0 Å². The van der Waals surface area contributed by atoms with Gasteiger partial charge in [0.1, 0.15) is 0 Å². The van der Waals surface area contributed by atoms with Crippen LogP contribution in [0.5, 0.6) is 0 Å². The number of oxime groups is 1. The summed E-state index contributed by atoms with van der Waals surface area (Å²) in [5.41, 5.74) is 5.82. The minimum Gasteiger partial charge on any atom is -0.409 e. The first-order valence-corrected chi connectivity index (χ1v) is 8.39. The topological polar surface area (TPSA) is 61.8 Å². The minimum absolute atomic E-state index is 0.150. The SMILES string of the molecule is CCSCCN1CCC(SC)(C(N)=NO)CC1. The van der Waals surface area contributed by atoms with Crippen molar-refractivity contribution in [1.29, 1.82) is 0 Å². The van der Waals surface area contributed by atoms with Gasteiger partial charge in [0.2, 0.25) is 0 Å². The van der Waals surface area contributed by atoms with Gasteiger partial charge in [0.25, 0.3) is 0 Å². The third-order valence-electron chi connectivity index (χ3n) is 3.38. The summed E-state index contributed by atoms with van der Waals surface area (Å²) in [4.78, 5) is 2.47. The maximum Gasteiger partial charge on any atom is 0.155 e. The van der Waals surface area contributed by atoms with Crippen molar-refractivity contribution in [3.05, 3.63) is 0 Å². The minimum atomic E-state index is -0.150. The van der Waals surface area contributed by atoms with Crippen LogP contribution >= 0.6 is 23.5 Å². The molecule has 100 valence electrons. The van der Waals surface area contributed by atoms with E-state index in [-0.39, 0.29) is 4.75 Å². The molecular formula is C11H23N3OS2. The van der Waals surface area contributed by atoms with Crippen molar-refractivity contribution in [2.75, 3.05) is 37.4 Å². The van der Waals surface area contributed by atoms with E-state index in [1.54, 1.807) is 11.8 Å². The lowest BCUT2D eigenvalue weighted by Crippen LogP contribution is -2.50. The Balaban J connectivity index is 2.42. The molecular weight excluding hydrogens is 254 g/mol. The molecule has 0 aromatic carbocycles. The first-order valence-electron chi connectivity index (χ1n) is 6.01. The molecule has 1 aliphatic rings. The van der Waals surface area contributed by atoms with Crippen LogP contribution in [0, 0.1) is 0 Å². The van der Waals surface area contributed by atoms with Gasteiger partial charge in [0, 0.05) is 12.3 Å². The molecule has 1 saturated heterocycles. The van der Waals surface area contributed by atoms with Gasteiger partial charge in [-0.15, -0.1) is 0 Å². The molecule has 0 aromatic heterocycles. The van der Waals surface area contributed by atoms with E-state index in [2.05, 4.69) is 17.0 Å². The Kier molecular flexibility index (Phi) is 6.51. The van der Waals surface area contributed by atoms with Crippen molar-refractivity contribution >= 4 is 29.4 Å². The molecule has 0 bridgehead atoms. The summed E-state index contributed by atoms with van der Waals surface area (Å²) in [6.07, 6.45) is 3.99. The van der Waals surface area contributed by atoms with Gasteiger partial charge in [-0.1, -0.05) is 12.1 Å². The predicted octanol–water partition coefficient (Wildman–Crippen LogP) is 1.68. The Morgan fingerprint density at radius 3 is 2.59 bits per heavy atom. The van der Waals surface area contributed by atoms with Crippen LogP contribution in [0.4, 0.5) is 0 Å². The first-order chi connectivity index (χ1) is 8.18. The molecule has 3 N–H and O–H groups in total. The Hall–Kier alpha value is -0.0700. The van der Waals surface area contributed by atoms with E-state index in [0.29, 0.717) is 5.84 Å². The van der Waals surface area contributed by atoms with Gasteiger partial charge in [0.15, 0.2) is 5.84 Å². The predicted molar refractivity (Wildman–Crippen MR) is 78.3 cm³/mol. The summed E-state index contributed by atoms with van der Waals surface area (Å²) in [6.45, 7) is 5.43. The molecule has 0 aromatic rings. The van der Waals surface area contributed by atoms with E-state index >= 15 is 0 Å². The summed E-state index contributed by atoms with van der Waals surface area (Å²) in [6, 6.07) is 0. The van der Waals surface area contributed by atoms with Crippen LogP contribution in [0.25, 0.3) is 0 Å². The normalized spacial score (nSPS) is 21.6. The van der Waals surface area contributed by atoms with Crippen molar-refractivity contribution in [2.24, 2.45) is 10.9 Å². The number of thioether (sulfide) groups is 2. The number of likely N-dealkylation sites (tertiary alicyclic amines) is 1. The summed E-state index contributed by atoms with van der Waals surface area (Å²) >= 11 is 3.69. The Morgan fingerprint density at radius 1 is 1.47 bits per heavy atom. The number of hydrogen-bond donors (Lipinski definition) is 2. The maximum atomic E-state index is 8.86. The zero-order valence-electron chi connectivity index (χ0n) is 10.7. The quantitative estimate of drug-likeness (QED) is 0.254. The van der Waals surface area contributed by atoms with Crippen molar-refractivity contribution in [2.45, 2.75) is 24.5 Å². The van der Waals surface area contributed by atoms with Crippen LogP contribution in [0.3, 0.4) is 0 Å². The lowest BCUT2D eigenvalue weighted by molar-refractivity contribution is 0.228. The molecule has 0 unspecified atom stereocenters. The van der Waals surface area contributed by atoms with Gasteiger partial charge >= 0.3 is 0 Å². The largest absolute Gasteiger partial charge is 0.409 e. The highest BCUT2D eigenvalue weighted by Gasteiger charge is 2.37. The Morgan fingerprint density at radius 2 is 2.12 bits per heavy atom. The second kappa shape index (κ2) is 7.38. The van der Waals surface area contributed by atoms with Crippen molar-refractivity contribution in [1.82, 2.24) is 4.90 Å². The first kappa shape index (κ1) is 15.0. The fourth-order valence-electron chi connectivity index (χ4n) is 2.13. The number of nitrogens with zero attached hydrogens (tertiary/aromatic N) is 2. The van der Waals surface area contributed by atoms with Crippen molar-refractivity contribution in [3.63, 3.8) is 0 Å².